The molecular formula is C17H23N3O2. The van der Waals surface area contributed by atoms with E-state index in [2.05, 4.69) is 5.10 Å². The lowest BCUT2D eigenvalue weighted by Crippen LogP contribution is -2.41. The smallest absolute Gasteiger partial charge is 0.275 e. The first-order chi connectivity index (χ1) is 10.6. The molecule has 2 heterocycles. The number of rotatable bonds is 4. The monoisotopic (exact) mass is 301 g/mol. The lowest BCUT2D eigenvalue weighted by molar-refractivity contribution is 0.0589. The number of hydrogen-bond acceptors (Lipinski definition) is 3. The Morgan fingerprint density at radius 2 is 2.18 bits per heavy atom. The Kier molecular flexibility index (Phi) is 4.32. The molecule has 5 heteroatoms. The largest absolute Gasteiger partial charge is 0.467 e. The molecule has 2 aromatic heterocycles. The molecule has 0 saturated heterocycles. The average Bonchev–Trinajstić information content (AvgIpc) is 3.16. The zero-order valence-corrected chi connectivity index (χ0v) is 13.3. The molecule has 1 aliphatic rings. The number of carbonyl (C=O) groups excluding carboxylic acids is 1. The summed E-state index contributed by atoms with van der Waals surface area (Å²) in [6.45, 7) is 2.48. The first kappa shape index (κ1) is 14.9. The van der Waals surface area contributed by atoms with Gasteiger partial charge in [0.25, 0.3) is 5.91 Å². The Balaban J connectivity index is 1.84. The maximum atomic E-state index is 12.9. The number of aryl methyl sites for hydroxylation is 2. The highest BCUT2D eigenvalue weighted by molar-refractivity contribution is 5.92. The van der Waals surface area contributed by atoms with Crippen LogP contribution in [0.25, 0.3) is 0 Å². The Labute approximate surface area is 130 Å². The minimum Gasteiger partial charge on any atom is -0.467 e. The second kappa shape index (κ2) is 6.38. The van der Waals surface area contributed by atoms with Crippen LogP contribution in [0, 0.1) is 6.92 Å². The summed E-state index contributed by atoms with van der Waals surface area (Å²) >= 11 is 0. The topological polar surface area (TPSA) is 51.3 Å². The molecule has 0 atom stereocenters. The van der Waals surface area contributed by atoms with Crippen LogP contribution >= 0.6 is 0 Å². The number of carbonyl (C=O) groups is 1. The first-order valence-electron chi connectivity index (χ1n) is 7.99. The van der Waals surface area contributed by atoms with Crippen LogP contribution in [-0.2, 0) is 13.6 Å². The van der Waals surface area contributed by atoms with Crippen molar-refractivity contribution in [2.24, 2.45) is 7.05 Å². The molecule has 0 aliphatic heterocycles. The van der Waals surface area contributed by atoms with E-state index in [1.165, 1.54) is 19.3 Å². The number of furan rings is 1. The molecule has 1 fully saturated rings. The van der Waals surface area contributed by atoms with E-state index < -0.39 is 0 Å². The number of amides is 1. The second-order valence-corrected chi connectivity index (χ2v) is 6.10. The van der Waals surface area contributed by atoms with Crippen molar-refractivity contribution in [3.05, 3.63) is 41.6 Å². The van der Waals surface area contributed by atoms with Crippen molar-refractivity contribution in [2.75, 3.05) is 0 Å². The third-order valence-electron chi connectivity index (χ3n) is 4.52. The van der Waals surface area contributed by atoms with Gasteiger partial charge in [-0.2, -0.15) is 5.10 Å². The molecule has 0 unspecified atom stereocenters. The lowest BCUT2D eigenvalue weighted by Gasteiger charge is -2.33. The van der Waals surface area contributed by atoms with E-state index in [0.29, 0.717) is 12.2 Å². The Morgan fingerprint density at radius 1 is 1.41 bits per heavy atom. The summed E-state index contributed by atoms with van der Waals surface area (Å²) < 4.78 is 7.20. The molecule has 3 rings (SSSR count). The van der Waals surface area contributed by atoms with E-state index in [1.807, 2.05) is 37.1 Å². The summed E-state index contributed by atoms with van der Waals surface area (Å²) in [5, 5.41) is 4.35. The van der Waals surface area contributed by atoms with Gasteiger partial charge in [-0.1, -0.05) is 19.3 Å². The molecule has 1 saturated carbocycles. The summed E-state index contributed by atoms with van der Waals surface area (Å²) in [5.74, 6) is 0.832. The molecule has 1 aliphatic carbocycles. The summed E-state index contributed by atoms with van der Waals surface area (Å²) in [4.78, 5) is 14.9. The van der Waals surface area contributed by atoms with Crippen LogP contribution in [0.4, 0.5) is 0 Å². The van der Waals surface area contributed by atoms with Gasteiger partial charge in [-0.3, -0.25) is 9.48 Å². The van der Waals surface area contributed by atoms with Crippen LogP contribution in [0.2, 0.25) is 0 Å². The van der Waals surface area contributed by atoms with Crippen LogP contribution in [0.3, 0.4) is 0 Å². The molecule has 118 valence electrons. The van der Waals surface area contributed by atoms with Gasteiger partial charge in [0.2, 0.25) is 0 Å². The van der Waals surface area contributed by atoms with Crippen molar-refractivity contribution in [3.8, 4) is 0 Å². The molecule has 22 heavy (non-hydrogen) atoms. The van der Waals surface area contributed by atoms with Gasteiger partial charge in [0.05, 0.1) is 12.8 Å². The zero-order valence-electron chi connectivity index (χ0n) is 13.3. The van der Waals surface area contributed by atoms with Crippen LogP contribution < -0.4 is 0 Å². The highest BCUT2D eigenvalue weighted by atomic mass is 16.3. The van der Waals surface area contributed by atoms with Crippen LogP contribution in [0.15, 0.2) is 28.9 Å². The van der Waals surface area contributed by atoms with Crippen molar-refractivity contribution in [1.82, 2.24) is 14.7 Å². The highest BCUT2D eigenvalue weighted by Crippen LogP contribution is 2.25. The van der Waals surface area contributed by atoms with E-state index in [1.54, 1.807) is 10.9 Å². The molecule has 5 nitrogen and oxygen atoms in total. The fourth-order valence-corrected chi connectivity index (χ4v) is 3.14. The highest BCUT2D eigenvalue weighted by Gasteiger charge is 2.28. The molecule has 2 aromatic rings. The van der Waals surface area contributed by atoms with Crippen molar-refractivity contribution in [1.29, 1.82) is 0 Å². The van der Waals surface area contributed by atoms with Crippen LogP contribution in [0.5, 0.6) is 0 Å². The summed E-state index contributed by atoms with van der Waals surface area (Å²) in [6, 6.07) is 5.94. The molecule has 0 aromatic carbocycles. The third-order valence-corrected chi connectivity index (χ3v) is 4.52. The molecule has 0 radical (unpaired) electrons. The van der Waals surface area contributed by atoms with Crippen molar-refractivity contribution in [3.63, 3.8) is 0 Å². The SMILES string of the molecule is Cc1cc(C(=O)N(Cc2ccco2)C2CCCCC2)nn1C. The van der Waals surface area contributed by atoms with E-state index in [4.69, 9.17) is 4.42 Å². The van der Waals surface area contributed by atoms with Crippen molar-refractivity contribution < 1.29 is 9.21 Å². The van der Waals surface area contributed by atoms with Gasteiger partial charge in [0.1, 0.15) is 5.76 Å². The minimum atomic E-state index is 0.00648. The standard InChI is InChI=1S/C17H23N3O2/c1-13-11-16(18-19(13)2)17(21)20(12-15-9-6-10-22-15)14-7-4-3-5-8-14/h6,9-11,14H,3-5,7-8,12H2,1-2H3. The van der Waals surface area contributed by atoms with Gasteiger partial charge in [-0.15, -0.1) is 0 Å². The number of hydrogen-bond donors (Lipinski definition) is 0. The average molecular weight is 301 g/mol. The van der Waals surface area contributed by atoms with Crippen molar-refractivity contribution in [2.45, 2.75) is 51.6 Å². The summed E-state index contributed by atoms with van der Waals surface area (Å²) in [5.41, 5.74) is 1.52. The molecule has 0 N–H and O–H groups in total. The van der Waals surface area contributed by atoms with Gasteiger partial charge in [-0.05, 0) is 38.0 Å². The van der Waals surface area contributed by atoms with Gasteiger partial charge in [-0.25, -0.2) is 0 Å². The fraction of sp³-hybridized carbons (Fsp3) is 0.529. The third kappa shape index (κ3) is 3.08. The predicted octanol–water partition coefficient (Wildman–Crippen LogP) is 3.30. The summed E-state index contributed by atoms with van der Waals surface area (Å²) in [7, 11) is 1.86. The second-order valence-electron chi connectivity index (χ2n) is 6.10. The summed E-state index contributed by atoms with van der Waals surface area (Å²) in [6.07, 6.45) is 7.43. The van der Waals surface area contributed by atoms with E-state index >= 15 is 0 Å². The quantitative estimate of drug-likeness (QED) is 0.870. The normalized spacial score (nSPS) is 15.9. The Hall–Kier alpha value is -2.04. The van der Waals surface area contributed by atoms with Gasteiger partial charge < -0.3 is 9.32 Å². The minimum absolute atomic E-state index is 0.00648. The van der Waals surface area contributed by atoms with Crippen molar-refractivity contribution >= 4 is 5.91 Å². The Morgan fingerprint density at radius 3 is 2.77 bits per heavy atom. The zero-order chi connectivity index (χ0) is 15.5. The maximum absolute atomic E-state index is 12.9. The van der Waals surface area contributed by atoms with Gasteiger partial charge in [0, 0.05) is 18.8 Å². The van der Waals surface area contributed by atoms with Gasteiger partial charge >= 0.3 is 0 Å². The molecule has 0 spiro atoms. The molecule has 0 bridgehead atoms. The van der Waals surface area contributed by atoms with E-state index in [9.17, 15) is 4.79 Å². The fourth-order valence-electron chi connectivity index (χ4n) is 3.14. The Bertz CT molecular complexity index is 605. The number of nitrogens with zero attached hydrogens (tertiary/aromatic N) is 3. The van der Waals surface area contributed by atoms with Gasteiger partial charge in [0.15, 0.2) is 5.69 Å². The van der Waals surface area contributed by atoms with E-state index in [0.717, 1.165) is 24.3 Å². The first-order valence-corrected chi connectivity index (χ1v) is 7.99. The van der Waals surface area contributed by atoms with Crippen LogP contribution in [0.1, 0.15) is 54.0 Å². The van der Waals surface area contributed by atoms with Crippen LogP contribution in [-0.4, -0.2) is 26.6 Å². The maximum Gasteiger partial charge on any atom is 0.275 e. The predicted molar refractivity (Wildman–Crippen MR) is 83.4 cm³/mol. The molecular weight excluding hydrogens is 278 g/mol. The van der Waals surface area contributed by atoms with E-state index in [-0.39, 0.29) is 11.9 Å². The lowest BCUT2D eigenvalue weighted by atomic mass is 9.94. The number of aromatic nitrogens is 2. The molecule has 1 amide bonds.